The summed E-state index contributed by atoms with van der Waals surface area (Å²) in [5.74, 6) is 0.492. The number of nitrogens with zero attached hydrogens (tertiary/aromatic N) is 4. The summed E-state index contributed by atoms with van der Waals surface area (Å²) >= 11 is 0. The monoisotopic (exact) mass is 338 g/mol. The maximum absolute atomic E-state index is 12.3. The molecule has 0 spiro atoms. The second-order valence-corrected chi connectivity index (χ2v) is 6.95. The normalized spacial score (nSPS) is 23.7. The molecular weight excluding hydrogens is 308 g/mol. The third-order valence-corrected chi connectivity index (χ3v) is 5.29. The largest absolute Gasteiger partial charge is 0.378 e. The Labute approximate surface area is 144 Å². The van der Waals surface area contributed by atoms with E-state index in [1.165, 1.54) is 12.8 Å². The van der Waals surface area contributed by atoms with E-state index in [9.17, 15) is 9.59 Å². The molecule has 0 atom stereocenters. The minimum atomic E-state index is 0.228. The van der Waals surface area contributed by atoms with Crippen LogP contribution >= 0.6 is 0 Å². The van der Waals surface area contributed by atoms with E-state index in [0.29, 0.717) is 26.2 Å². The quantitative estimate of drug-likeness (QED) is 0.675. The van der Waals surface area contributed by atoms with Crippen molar-refractivity contribution in [1.82, 2.24) is 19.6 Å². The van der Waals surface area contributed by atoms with Gasteiger partial charge in [0.25, 0.3) is 0 Å². The van der Waals surface area contributed by atoms with E-state index in [0.717, 1.165) is 58.9 Å². The standard InChI is InChI=1S/C17H30N4O3/c22-16(21-11-13-24-14-12-21)3-6-18-7-9-20(10-8-18)17(23)15-19-4-1-2-5-19/h1-15H2. The van der Waals surface area contributed by atoms with Crippen LogP contribution in [0.15, 0.2) is 0 Å². The van der Waals surface area contributed by atoms with Crippen molar-refractivity contribution in [2.24, 2.45) is 0 Å². The van der Waals surface area contributed by atoms with E-state index in [4.69, 9.17) is 4.74 Å². The van der Waals surface area contributed by atoms with Crippen molar-refractivity contribution < 1.29 is 14.3 Å². The van der Waals surface area contributed by atoms with Crippen LogP contribution in [-0.4, -0.2) is 110 Å². The fourth-order valence-electron chi connectivity index (χ4n) is 3.68. The summed E-state index contributed by atoms with van der Waals surface area (Å²) in [7, 11) is 0. The molecule has 3 aliphatic heterocycles. The molecule has 7 heteroatoms. The van der Waals surface area contributed by atoms with E-state index in [2.05, 4.69) is 9.80 Å². The predicted molar refractivity (Wildman–Crippen MR) is 90.7 cm³/mol. The summed E-state index contributed by atoms with van der Waals surface area (Å²) in [5, 5.41) is 0. The molecule has 0 aromatic carbocycles. The number of carbonyl (C=O) groups excluding carboxylic acids is 2. The Hall–Kier alpha value is -1.18. The number of likely N-dealkylation sites (tertiary alicyclic amines) is 1. The summed E-state index contributed by atoms with van der Waals surface area (Å²) in [6, 6.07) is 0. The Morgan fingerprint density at radius 1 is 0.708 bits per heavy atom. The van der Waals surface area contributed by atoms with E-state index < -0.39 is 0 Å². The molecule has 3 fully saturated rings. The second kappa shape index (κ2) is 8.78. The van der Waals surface area contributed by atoms with Crippen molar-refractivity contribution in [2.75, 3.05) is 78.7 Å². The predicted octanol–water partition coefficient (Wildman–Crippen LogP) is -0.525. The van der Waals surface area contributed by atoms with Gasteiger partial charge in [-0.05, 0) is 25.9 Å². The lowest BCUT2D eigenvalue weighted by molar-refractivity contribution is -0.137. The van der Waals surface area contributed by atoms with E-state index in [1.807, 2.05) is 9.80 Å². The number of piperazine rings is 1. The van der Waals surface area contributed by atoms with Crippen LogP contribution in [0.25, 0.3) is 0 Å². The van der Waals surface area contributed by atoms with Gasteiger partial charge in [0.05, 0.1) is 19.8 Å². The molecular formula is C17H30N4O3. The highest BCUT2D eigenvalue weighted by Gasteiger charge is 2.24. The molecule has 24 heavy (non-hydrogen) atoms. The van der Waals surface area contributed by atoms with Gasteiger partial charge in [0.15, 0.2) is 0 Å². The Balaban J connectivity index is 1.32. The molecule has 2 amide bonds. The van der Waals surface area contributed by atoms with Gasteiger partial charge in [0, 0.05) is 52.2 Å². The zero-order chi connectivity index (χ0) is 16.8. The highest BCUT2D eigenvalue weighted by molar-refractivity contribution is 5.78. The Morgan fingerprint density at radius 2 is 1.33 bits per heavy atom. The minimum Gasteiger partial charge on any atom is -0.378 e. The lowest BCUT2D eigenvalue weighted by atomic mass is 10.2. The minimum absolute atomic E-state index is 0.228. The molecule has 0 N–H and O–H groups in total. The van der Waals surface area contributed by atoms with Crippen LogP contribution in [0.2, 0.25) is 0 Å². The van der Waals surface area contributed by atoms with Crippen molar-refractivity contribution in [2.45, 2.75) is 19.3 Å². The van der Waals surface area contributed by atoms with Gasteiger partial charge in [0.2, 0.25) is 11.8 Å². The molecule has 3 heterocycles. The van der Waals surface area contributed by atoms with Gasteiger partial charge in [-0.2, -0.15) is 0 Å². The Bertz CT molecular complexity index is 426. The zero-order valence-electron chi connectivity index (χ0n) is 14.6. The SMILES string of the molecule is O=C(CCN1CCN(C(=O)CN2CCCC2)CC1)N1CCOCC1. The van der Waals surface area contributed by atoms with Crippen LogP contribution in [0, 0.1) is 0 Å². The lowest BCUT2D eigenvalue weighted by Crippen LogP contribution is -2.51. The molecule has 0 bridgehead atoms. The number of morpholine rings is 1. The third kappa shape index (κ3) is 4.91. The number of hydrogen-bond donors (Lipinski definition) is 0. The summed E-state index contributed by atoms with van der Waals surface area (Å²) in [5.41, 5.74) is 0. The molecule has 3 aliphatic rings. The van der Waals surface area contributed by atoms with Crippen LogP contribution in [-0.2, 0) is 14.3 Å². The van der Waals surface area contributed by atoms with Gasteiger partial charge in [0.1, 0.15) is 0 Å². The number of carbonyl (C=O) groups is 2. The first-order valence-electron chi connectivity index (χ1n) is 9.30. The van der Waals surface area contributed by atoms with Gasteiger partial charge < -0.3 is 14.5 Å². The van der Waals surface area contributed by atoms with Crippen molar-refractivity contribution in [1.29, 1.82) is 0 Å². The number of ether oxygens (including phenoxy) is 1. The number of hydrogen-bond acceptors (Lipinski definition) is 5. The smallest absolute Gasteiger partial charge is 0.236 e. The van der Waals surface area contributed by atoms with Crippen molar-refractivity contribution in [3.8, 4) is 0 Å². The number of amides is 2. The average molecular weight is 338 g/mol. The van der Waals surface area contributed by atoms with Gasteiger partial charge >= 0.3 is 0 Å². The van der Waals surface area contributed by atoms with Crippen LogP contribution in [0.1, 0.15) is 19.3 Å². The van der Waals surface area contributed by atoms with Crippen LogP contribution < -0.4 is 0 Å². The zero-order valence-corrected chi connectivity index (χ0v) is 14.6. The molecule has 0 aliphatic carbocycles. The van der Waals surface area contributed by atoms with Gasteiger partial charge in [-0.15, -0.1) is 0 Å². The molecule has 136 valence electrons. The van der Waals surface area contributed by atoms with Gasteiger partial charge in [-0.1, -0.05) is 0 Å². The average Bonchev–Trinajstić information content (AvgIpc) is 3.14. The topological polar surface area (TPSA) is 56.3 Å². The van der Waals surface area contributed by atoms with E-state index in [-0.39, 0.29) is 11.8 Å². The second-order valence-electron chi connectivity index (χ2n) is 6.95. The van der Waals surface area contributed by atoms with Crippen molar-refractivity contribution in [3.63, 3.8) is 0 Å². The highest BCUT2D eigenvalue weighted by Crippen LogP contribution is 2.09. The highest BCUT2D eigenvalue weighted by atomic mass is 16.5. The third-order valence-electron chi connectivity index (χ3n) is 5.29. The fourth-order valence-corrected chi connectivity index (χ4v) is 3.68. The molecule has 0 radical (unpaired) electrons. The van der Waals surface area contributed by atoms with Gasteiger partial charge in [-0.25, -0.2) is 0 Å². The van der Waals surface area contributed by atoms with Crippen LogP contribution in [0.4, 0.5) is 0 Å². The molecule has 3 saturated heterocycles. The van der Waals surface area contributed by atoms with E-state index in [1.54, 1.807) is 0 Å². The molecule has 0 saturated carbocycles. The van der Waals surface area contributed by atoms with Crippen LogP contribution in [0.3, 0.4) is 0 Å². The summed E-state index contributed by atoms with van der Waals surface area (Å²) in [6.45, 7) is 9.59. The number of rotatable bonds is 5. The molecule has 0 aromatic rings. The van der Waals surface area contributed by atoms with Crippen molar-refractivity contribution >= 4 is 11.8 Å². The summed E-state index contributed by atoms with van der Waals surface area (Å²) < 4.78 is 5.28. The lowest BCUT2D eigenvalue weighted by Gasteiger charge is -2.36. The van der Waals surface area contributed by atoms with Crippen LogP contribution in [0.5, 0.6) is 0 Å². The van der Waals surface area contributed by atoms with Crippen molar-refractivity contribution in [3.05, 3.63) is 0 Å². The van der Waals surface area contributed by atoms with Gasteiger partial charge in [-0.3, -0.25) is 19.4 Å². The first-order chi connectivity index (χ1) is 11.7. The molecule has 0 unspecified atom stereocenters. The summed E-state index contributed by atoms with van der Waals surface area (Å²) in [4.78, 5) is 33.0. The maximum Gasteiger partial charge on any atom is 0.236 e. The molecule has 0 aromatic heterocycles. The summed E-state index contributed by atoms with van der Waals surface area (Å²) in [6.07, 6.45) is 3.01. The Morgan fingerprint density at radius 3 is 2.00 bits per heavy atom. The first-order valence-corrected chi connectivity index (χ1v) is 9.30. The molecule has 3 rings (SSSR count). The molecule has 7 nitrogen and oxygen atoms in total. The fraction of sp³-hybridized carbons (Fsp3) is 0.882. The Kier molecular flexibility index (Phi) is 6.45. The maximum atomic E-state index is 12.3. The first kappa shape index (κ1) is 17.6. The van der Waals surface area contributed by atoms with E-state index >= 15 is 0 Å².